The van der Waals surface area contributed by atoms with E-state index in [0.717, 1.165) is 11.3 Å². The standard InChI is InChI=1S/C19H23FN4O4S/c1-19(2,3)14-10-21-15(28-14)13(20)8-12-9-22-17(29-12)23-18(27)24-6-4-11(5-7-24)16(25)26/h8-11H,4-7H2,1-3H3,(H,25,26)(H,22,23,27). The second-order valence-electron chi connectivity index (χ2n) is 7.87. The number of piperidine rings is 1. The maximum Gasteiger partial charge on any atom is 0.323 e. The molecular weight excluding hydrogens is 399 g/mol. The first-order valence-electron chi connectivity index (χ1n) is 9.22. The zero-order chi connectivity index (χ0) is 21.2. The lowest BCUT2D eigenvalue weighted by Gasteiger charge is -2.29. The van der Waals surface area contributed by atoms with Crippen molar-refractivity contribution in [3.8, 4) is 0 Å². The van der Waals surface area contributed by atoms with E-state index in [1.54, 1.807) is 4.90 Å². The molecule has 2 N–H and O–H groups in total. The molecule has 2 aromatic heterocycles. The number of aromatic nitrogens is 2. The Balaban J connectivity index is 1.60. The van der Waals surface area contributed by atoms with Crippen LogP contribution in [0.4, 0.5) is 14.3 Å². The Labute approximate surface area is 171 Å². The molecule has 3 heterocycles. The lowest BCUT2D eigenvalue weighted by Crippen LogP contribution is -2.42. The molecule has 1 saturated heterocycles. The van der Waals surface area contributed by atoms with Gasteiger partial charge in [0.15, 0.2) is 11.0 Å². The van der Waals surface area contributed by atoms with Crippen molar-refractivity contribution in [3.05, 3.63) is 28.9 Å². The molecule has 0 atom stereocenters. The number of hydrogen-bond acceptors (Lipinski definition) is 6. The van der Waals surface area contributed by atoms with E-state index in [2.05, 4.69) is 15.3 Å². The molecule has 1 aliphatic heterocycles. The van der Waals surface area contributed by atoms with Crippen LogP contribution in [0.1, 0.15) is 50.1 Å². The number of carbonyl (C=O) groups excluding carboxylic acids is 1. The number of carboxylic acids is 1. The van der Waals surface area contributed by atoms with Crippen LogP contribution in [-0.2, 0) is 10.2 Å². The van der Waals surface area contributed by atoms with E-state index < -0.39 is 17.7 Å². The number of urea groups is 1. The number of rotatable bonds is 4. The number of oxazole rings is 1. The van der Waals surface area contributed by atoms with Crippen LogP contribution in [0.5, 0.6) is 0 Å². The molecule has 0 radical (unpaired) electrons. The van der Waals surface area contributed by atoms with Crippen LogP contribution in [0, 0.1) is 5.92 Å². The monoisotopic (exact) mass is 422 g/mol. The van der Waals surface area contributed by atoms with Crippen molar-refractivity contribution in [2.24, 2.45) is 5.92 Å². The van der Waals surface area contributed by atoms with Crippen molar-refractivity contribution in [2.45, 2.75) is 39.0 Å². The highest BCUT2D eigenvalue weighted by molar-refractivity contribution is 7.16. The molecule has 10 heteroatoms. The van der Waals surface area contributed by atoms with Crippen LogP contribution in [-0.4, -0.2) is 45.1 Å². The molecule has 2 amide bonds. The number of aliphatic carboxylic acids is 1. The number of anilines is 1. The Morgan fingerprint density at radius 2 is 2.00 bits per heavy atom. The molecule has 0 saturated carbocycles. The zero-order valence-electron chi connectivity index (χ0n) is 16.4. The van der Waals surface area contributed by atoms with Gasteiger partial charge in [0.25, 0.3) is 5.89 Å². The quantitative estimate of drug-likeness (QED) is 0.763. The smallest absolute Gasteiger partial charge is 0.323 e. The average molecular weight is 422 g/mol. The summed E-state index contributed by atoms with van der Waals surface area (Å²) in [6.45, 7) is 6.58. The molecule has 29 heavy (non-hydrogen) atoms. The summed E-state index contributed by atoms with van der Waals surface area (Å²) in [4.78, 5) is 33.4. The predicted molar refractivity (Wildman–Crippen MR) is 107 cm³/mol. The zero-order valence-corrected chi connectivity index (χ0v) is 17.3. The Morgan fingerprint density at radius 3 is 2.59 bits per heavy atom. The predicted octanol–water partition coefficient (Wildman–Crippen LogP) is 4.22. The van der Waals surface area contributed by atoms with E-state index in [9.17, 15) is 14.0 Å². The second kappa shape index (κ2) is 8.32. The molecule has 0 bridgehead atoms. The van der Waals surface area contributed by atoms with Crippen LogP contribution in [0.3, 0.4) is 0 Å². The molecular formula is C19H23FN4O4S. The van der Waals surface area contributed by atoms with Crippen molar-refractivity contribution >= 4 is 40.4 Å². The van der Waals surface area contributed by atoms with E-state index in [4.69, 9.17) is 9.52 Å². The fourth-order valence-electron chi connectivity index (χ4n) is 2.83. The van der Waals surface area contributed by atoms with Gasteiger partial charge in [-0.3, -0.25) is 10.1 Å². The van der Waals surface area contributed by atoms with E-state index >= 15 is 0 Å². The number of carboxylic acid groups (broad SMARTS) is 1. The summed E-state index contributed by atoms with van der Waals surface area (Å²) in [5.41, 5.74) is -0.271. The maximum atomic E-state index is 14.4. The van der Waals surface area contributed by atoms with Gasteiger partial charge in [0, 0.05) is 24.7 Å². The first kappa shape index (κ1) is 21.0. The van der Waals surface area contributed by atoms with E-state index in [1.165, 1.54) is 18.5 Å². The van der Waals surface area contributed by atoms with Gasteiger partial charge < -0.3 is 14.4 Å². The molecule has 0 spiro atoms. The van der Waals surface area contributed by atoms with Gasteiger partial charge in [-0.2, -0.15) is 0 Å². The number of amides is 2. The van der Waals surface area contributed by atoms with Crippen molar-refractivity contribution in [1.82, 2.24) is 14.9 Å². The van der Waals surface area contributed by atoms with Crippen LogP contribution in [0.2, 0.25) is 0 Å². The minimum absolute atomic E-state index is 0.102. The van der Waals surface area contributed by atoms with Gasteiger partial charge in [0.1, 0.15) is 5.76 Å². The summed E-state index contributed by atoms with van der Waals surface area (Å²) in [6, 6.07) is -0.346. The number of likely N-dealkylation sites (tertiary alicyclic amines) is 1. The fourth-order valence-corrected chi connectivity index (χ4v) is 3.56. The van der Waals surface area contributed by atoms with Gasteiger partial charge in [-0.25, -0.2) is 19.2 Å². The fraction of sp³-hybridized carbons (Fsp3) is 0.474. The van der Waals surface area contributed by atoms with Gasteiger partial charge in [-0.05, 0) is 18.9 Å². The summed E-state index contributed by atoms with van der Waals surface area (Å²) in [5, 5.41) is 12.0. The normalized spacial score (nSPS) is 16.1. The molecule has 1 fully saturated rings. The first-order chi connectivity index (χ1) is 13.6. The number of nitrogens with one attached hydrogen (secondary N) is 1. The van der Waals surface area contributed by atoms with Crippen molar-refractivity contribution < 1.29 is 23.5 Å². The average Bonchev–Trinajstić information content (AvgIpc) is 3.31. The Morgan fingerprint density at radius 1 is 1.31 bits per heavy atom. The van der Waals surface area contributed by atoms with Gasteiger partial charge in [0.2, 0.25) is 0 Å². The van der Waals surface area contributed by atoms with Crippen LogP contribution in [0.15, 0.2) is 16.8 Å². The molecule has 3 rings (SSSR count). The number of hydrogen-bond donors (Lipinski definition) is 2. The van der Waals surface area contributed by atoms with Gasteiger partial charge in [-0.1, -0.05) is 32.1 Å². The molecule has 0 aliphatic carbocycles. The molecule has 0 unspecified atom stereocenters. The van der Waals surface area contributed by atoms with Crippen molar-refractivity contribution in [3.63, 3.8) is 0 Å². The Kier molecular flexibility index (Phi) is 6.02. The van der Waals surface area contributed by atoms with E-state index in [0.29, 0.717) is 41.7 Å². The highest BCUT2D eigenvalue weighted by Crippen LogP contribution is 2.29. The first-order valence-corrected chi connectivity index (χ1v) is 10.0. The molecule has 1 aliphatic rings. The highest BCUT2D eigenvalue weighted by Gasteiger charge is 2.27. The minimum atomic E-state index is -0.830. The van der Waals surface area contributed by atoms with Crippen molar-refractivity contribution in [2.75, 3.05) is 18.4 Å². The summed E-state index contributed by atoms with van der Waals surface area (Å²) in [7, 11) is 0. The number of nitrogens with zero attached hydrogens (tertiary/aromatic N) is 3. The number of halogens is 1. The SMILES string of the molecule is CC(C)(C)c1cnc(C(F)=Cc2cnc(NC(=O)N3CCC(C(=O)O)CC3)s2)o1. The number of carbonyl (C=O) groups is 2. The van der Waals surface area contributed by atoms with Crippen molar-refractivity contribution in [1.29, 1.82) is 0 Å². The maximum absolute atomic E-state index is 14.4. The van der Waals surface area contributed by atoms with E-state index in [1.807, 2.05) is 20.8 Å². The van der Waals surface area contributed by atoms with Gasteiger partial charge in [0.05, 0.1) is 17.0 Å². The van der Waals surface area contributed by atoms with Crippen LogP contribution < -0.4 is 5.32 Å². The minimum Gasteiger partial charge on any atom is -0.481 e. The van der Waals surface area contributed by atoms with Gasteiger partial charge in [-0.15, -0.1) is 0 Å². The molecule has 8 nitrogen and oxygen atoms in total. The number of thiazole rings is 1. The van der Waals surface area contributed by atoms with Gasteiger partial charge >= 0.3 is 12.0 Å². The third kappa shape index (κ3) is 5.20. The summed E-state index contributed by atoms with van der Waals surface area (Å²) >= 11 is 1.12. The highest BCUT2D eigenvalue weighted by atomic mass is 32.1. The molecule has 0 aromatic carbocycles. The largest absolute Gasteiger partial charge is 0.481 e. The summed E-state index contributed by atoms with van der Waals surface area (Å²) in [6.07, 6.45) is 5.06. The summed E-state index contributed by atoms with van der Waals surface area (Å²) in [5.74, 6) is -1.38. The lowest BCUT2D eigenvalue weighted by molar-refractivity contribution is -0.143. The Hall–Kier alpha value is -2.75. The second-order valence-corrected chi connectivity index (χ2v) is 8.93. The topological polar surface area (TPSA) is 109 Å². The van der Waals surface area contributed by atoms with E-state index in [-0.39, 0.29) is 17.3 Å². The molecule has 156 valence electrons. The third-order valence-corrected chi connectivity index (χ3v) is 5.45. The Bertz CT molecular complexity index is 923. The van der Waals surface area contributed by atoms with Crippen LogP contribution in [0.25, 0.3) is 11.9 Å². The summed E-state index contributed by atoms with van der Waals surface area (Å²) < 4.78 is 19.9. The van der Waals surface area contributed by atoms with Crippen LogP contribution >= 0.6 is 11.3 Å². The third-order valence-electron chi connectivity index (χ3n) is 4.59. The lowest BCUT2D eigenvalue weighted by atomic mass is 9.94. The molecule has 2 aromatic rings.